The number of nitrogens with zero attached hydrogens (tertiary/aromatic N) is 1. The van der Waals surface area contributed by atoms with E-state index < -0.39 is 0 Å². The smallest absolute Gasteiger partial charge is 0.124 e. The molecule has 5 heteroatoms. The molecule has 0 aliphatic carbocycles. The van der Waals surface area contributed by atoms with Crippen molar-refractivity contribution in [3.8, 4) is 16.9 Å². The van der Waals surface area contributed by atoms with Gasteiger partial charge in [-0.05, 0) is 65.6 Å². The van der Waals surface area contributed by atoms with Gasteiger partial charge in [-0.15, -0.1) is 0 Å². The molecule has 0 saturated carbocycles. The maximum Gasteiger partial charge on any atom is 0.124 e. The highest BCUT2D eigenvalue weighted by Gasteiger charge is 2.09. The summed E-state index contributed by atoms with van der Waals surface area (Å²) in [6.07, 6.45) is 0. The Kier molecular flexibility index (Phi) is 5.14. The summed E-state index contributed by atoms with van der Waals surface area (Å²) in [4.78, 5) is 4.45. The third-order valence-electron chi connectivity index (χ3n) is 4.93. The monoisotopic (exact) mass is 387 g/mol. The summed E-state index contributed by atoms with van der Waals surface area (Å²) in [5.41, 5.74) is 17.5. The number of hydrogen-bond donors (Lipinski definition) is 2. The van der Waals surface area contributed by atoms with Gasteiger partial charge >= 0.3 is 0 Å². The summed E-state index contributed by atoms with van der Waals surface area (Å²) < 4.78 is 19.2. The van der Waals surface area contributed by atoms with Crippen LogP contribution in [0.25, 0.3) is 22.0 Å². The minimum Gasteiger partial charge on any atom is -0.489 e. The fourth-order valence-electron chi connectivity index (χ4n) is 3.46. The standard InChI is InChI=1S/C24H22FN3O/c1-15-9-24(27)28-22-12-18(5-7-21(15)22)17-6-8-23(19(11-17)13-26)29-14-16-3-2-4-20(25)10-16/h2-12H,13-14,26H2,1H3,(H2,27,28). The molecule has 0 saturated heterocycles. The third kappa shape index (κ3) is 4.05. The first-order valence-corrected chi connectivity index (χ1v) is 9.41. The van der Waals surface area contributed by atoms with Crippen molar-refractivity contribution < 1.29 is 9.13 Å². The summed E-state index contributed by atoms with van der Waals surface area (Å²) in [5, 5.41) is 1.08. The van der Waals surface area contributed by atoms with Gasteiger partial charge in [0.05, 0.1) is 5.52 Å². The Balaban J connectivity index is 1.63. The second-order valence-electron chi connectivity index (χ2n) is 7.04. The average molecular weight is 387 g/mol. The number of ether oxygens (including phenoxy) is 1. The lowest BCUT2D eigenvalue weighted by Gasteiger charge is -2.13. The predicted octanol–water partition coefficient (Wildman–Crippen LogP) is 4.97. The van der Waals surface area contributed by atoms with Crippen LogP contribution in [0.5, 0.6) is 5.75 Å². The minimum absolute atomic E-state index is 0.277. The van der Waals surface area contributed by atoms with E-state index in [1.807, 2.05) is 43.3 Å². The van der Waals surface area contributed by atoms with E-state index in [0.29, 0.717) is 18.1 Å². The Labute approximate surface area is 169 Å². The van der Waals surface area contributed by atoms with E-state index in [0.717, 1.165) is 38.7 Å². The molecule has 1 heterocycles. The highest BCUT2D eigenvalue weighted by atomic mass is 19.1. The number of fused-ring (bicyclic) bond motifs is 1. The molecule has 146 valence electrons. The molecule has 0 amide bonds. The van der Waals surface area contributed by atoms with Gasteiger partial charge in [-0.1, -0.05) is 30.3 Å². The summed E-state index contributed by atoms with van der Waals surface area (Å²) in [5.74, 6) is 0.927. The van der Waals surface area contributed by atoms with Crippen LogP contribution in [0, 0.1) is 12.7 Å². The van der Waals surface area contributed by atoms with Crippen LogP contribution in [0.4, 0.5) is 10.2 Å². The summed E-state index contributed by atoms with van der Waals surface area (Å²) in [7, 11) is 0. The normalized spacial score (nSPS) is 11.0. The van der Waals surface area contributed by atoms with E-state index in [1.54, 1.807) is 6.07 Å². The van der Waals surface area contributed by atoms with Gasteiger partial charge in [-0.3, -0.25) is 0 Å². The molecule has 0 fully saturated rings. The van der Waals surface area contributed by atoms with Crippen LogP contribution in [0.2, 0.25) is 0 Å². The molecule has 0 bridgehead atoms. The summed E-state index contributed by atoms with van der Waals surface area (Å²) >= 11 is 0. The number of rotatable bonds is 5. The number of halogens is 1. The van der Waals surface area contributed by atoms with Crippen LogP contribution in [-0.4, -0.2) is 4.98 Å². The SMILES string of the molecule is Cc1cc(N)nc2cc(-c3ccc(OCc4cccc(F)c4)c(CN)c3)ccc12. The van der Waals surface area contributed by atoms with Gasteiger partial charge < -0.3 is 16.2 Å². The molecular weight excluding hydrogens is 365 g/mol. The Morgan fingerprint density at radius 2 is 1.76 bits per heavy atom. The number of nitrogens with two attached hydrogens (primary N) is 2. The molecule has 0 radical (unpaired) electrons. The van der Waals surface area contributed by atoms with E-state index in [-0.39, 0.29) is 12.4 Å². The Hall–Kier alpha value is -3.44. The topological polar surface area (TPSA) is 74.2 Å². The molecule has 0 aliphatic heterocycles. The predicted molar refractivity (Wildman–Crippen MR) is 115 cm³/mol. The summed E-state index contributed by atoms with van der Waals surface area (Å²) in [6.45, 7) is 2.64. The Bertz CT molecular complexity index is 1190. The van der Waals surface area contributed by atoms with Crippen LogP contribution in [0.1, 0.15) is 16.7 Å². The van der Waals surface area contributed by atoms with Crippen molar-refractivity contribution in [2.45, 2.75) is 20.1 Å². The van der Waals surface area contributed by atoms with Crippen LogP contribution < -0.4 is 16.2 Å². The molecule has 29 heavy (non-hydrogen) atoms. The fourth-order valence-corrected chi connectivity index (χ4v) is 3.46. The van der Waals surface area contributed by atoms with E-state index in [2.05, 4.69) is 17.1 Å². The zero-order valence-corrected chi connectivity index (χ0v) is 16.2. The molecule has 0 aliphatic rings. The molecule has 4 N–H and O–H groups in total. The summed E-state index contributed by atoms with van der Waals surface area (Å²) in [6, 6.07) is 20.3. The molecule has 0 spiro atoms. The lowest BCUT2D eigenvalue weighted by Crippen LogP contribution is -2.03. The van der Waals surface area contributed by atoms with Crippen molar-refractivity contribution in [2.24, 2.45) is 5.73 Å². The van der Waals surface area contributed by atoms with Crippen molar-refractivity contribution in [1.82, 2.24) is 4.98 Å². The first kappa shape index (κ1) is 18.9. The van der Waals surface area contributed by atoms with Gasteiger partial charge in [0.15, 0.2) is 0 Å². The number of aryl methyl sites for hydroxylation is 1. The van der Waals surface area contributed by atoms with E-state index >= 15 is 0 Å². The van der Waals surface area contributed by atoms with Crippen molar-refractivity contribution >= 4 is 16.7 Å². The third-order valence-corrected chi connectivity index (χ3v) is 4.93. The molecule has 1 aromatic heterocycles. The quantitative estimate of drug-likeness (QED) is 0.507. The zero-order chi connectivity index (χ0) is 20.4. The first-order valence-electron chi connectivity index (χ1n) is 9.41. The number of pyridine rings is 1. The highest BCUT2D eigenvalue weighted by Crippen LogP contribution is 2.30. The first-order chi connectivity index (χ1) is 14.0. The van der Waals surface area contributed by atoms with Crippen LogP contribution >= 0.6 is 0 Å². The molecule has 0 unspecified atom stereocenters. The molecule has 4 rings (SSSR count). The van der Waals surface area contributed by atoms with Crippen molar-refractivity contribution in [3.63, 3.8) is 0 Å². The maximum atomic E-state index is 13.4. The van der Waals surface area contributed by atoms with E-state index in [1.165, 1.54) is 12.1 Å². The number of benzene rings is 3. The average Bonchev–Trinajstić information content (AvgIpc) is 2.71. The largest absolute Gasteiger partial charge is 0.489 e. The number of anilines is 1. The zero-order valence-electron chi connectivity index (χ0n) is 16.2. The minimum atomic E-state index is -0.277. The molecule has 3 aromatic carbocycles. The fraction of sp³-hybridized carbons (Fsp3) is 0.125. The second-order valence-corrected chi connectivity index (χ2v) is 7.04. The second kappa shape index (κ2) is 7.89. The van der Waals surface area contributed by atoms with E-state index in [4.69, 9.17) is 16.2 Å². The Morgan fingerprint density at radius 1 is 0.966 bits per heavy atom. The molecular formula is C24H22FN3O. The van der Waals surface area contributed by atoms with E-state index in [9.17, 15) is 4.39 Å². The maximum absolute atomic E-state index is 13.4. The molecule has 4 aromatic rings. The number of aromatic nitrogens is 1. The number of nitrogen functional groups attached to an aromatic ring is 1. The van der Waals surface area contributed by atoms with Crippen molar-refractivity contribution in [2.75, 3.05) is 5.73 Å². The molecule has 0 atom stereocenters. The van der Waals surface area contributed by atoms with Crippen LogP contribution in [-0.2, 0) is 13.2 Å². The Morgan fingerprint density at radius 3 is 2.55 bits per heavy atom. The van der Waals surface area contributed by atoms with Crippen molar-refractivity contribution in [1.29, 1.82) is 0 Å². The van der Waals surface area contributed by atoms with Crippen LogP contribution in [0.15, 0.2) is 66.7 Å². The van der Waals surface area contributed by atoms with Gasteiger partial charge in [0.1, 0.15) is 24.0 Å². The molecule has 4 nitrogen and oxygen atoms in total. The van der Waals surface area contributed by atoms with Crippen molar-refractivity contribution in [3.05, 3.63) is 89.2 Å². The van der Waals surface area contributed by atoms with Gasteiger partial charge in [0.2, 0.25) is 0 Å². The number of hydrogen-bond acceptors (Lipinski definition) is 4. The van der Waals surface area contributed by atoms with Gasteiger partial charge in [-0.2, -0.15) is 0 Å². The van der Waals surface area contributed by atoms with Gasteiger partial charge in [0.25, 0.3) is 0 Å². The lowest BCUT2D eigenvalue weighted by atomic mass is 9.99. The lowest BCUT2D eigenvalue weighted by molar-refractivity contribution is 0.302. The van der Waals surface area contributed by atoms with Gasteiger partial charge in [-0.25, -0.2) is 9.37 Å². The van der Waals surface area contributed by atoms with Gasteiger partial charge in [0, 0.05) is 17.5 Å². The van der Waals surface area contributed by atoms with Crippen LogP contribution in [0.3, 0.4) is 0 Å². The highest BCUT2D eigenvalue weighted by molar-refractivity contribution is 5.88.